The van der Waals surface area contributed by atoms with Gasteiger partial charge in [-0.25, -0.2) is 0 Å². The van der Waals surface area contributed by atoms with Gasteiger partial charge in [0.1, 0.15) is 24.4 Å². The molecule has 8 atom stereocenters. The van der Waals surface area contributed by atoms with E-state index >= 15 is 0 Å². The Hall–Kier alpha value is -2.38. The minimum atomic E-state index is -1.62. The van der Waals surface area contributed by atoms with Crippen LogP contribution in [0.1, 0.15) is 316 Å². The molecule has 0 aromatic carbocycles. The van der Waals surface area contributed by atoms with Gasteiger partial charge in [0.2, 0.25) is 5.91 Å². The van der Waals surface area contributed by atoms with Crippen LogP contribution in [-0.2, 0) is 23.8 Å². The zero-order valence-electron chi connectivity index (χ0n) is 52.0. The lowest BCUT2D eigenvalue weighted by molar-refractivity contribution is -0.305. The molecule has 11 nitrogen and oxygen atoms in total. The maximum Gasteiger partial charge on any atom is 0.306 e. The predicted molar refractivity (Wildman–Crippen MR) is 334 cm³/mol. The number of amides is 1. The number of carbonyl (C=O) groups excluding carboxylic acids is 2. The van der Waals surface area contributed by atoms with Gasteiger partial charge in [0.15, 0.2) is 12.4 Å². The maximum absolute atomic E-state index is 13.5. The summed E-state index contributed by atoms with van der Waals surface area (Å²) < 4.78 is 17.6. The van der Waals surface area contributed by atoms with E-state index < -0.39 is 67.4 Å². The van der Waals surface area contributed by atoms with Crippen LogP contribution in [0.4, 0.5) is 0 Å². The van der Waals surface area contributed by atoms with Crippen LogP contribution in [0.15, 0.2) is 48.6 Å². The van der Waals surface area contributed by atoms with Gasteiger partial charge in [0.25, 0.3) is 0 Å². The van der Waals surface area contributed by atoms with Gasteiger partial charge in [0, 0.05) is 6.42 Å². The molecule has 0 bridgehead atoms. The van der Waals surface area contributed by atoms with Crippen LogP contribution in [0.25, 0.3) is 0 Å². The van der Waals surface area contributed by atoms with Crippen LogP contribution in [0.2, 0.25) is 0 Å². The molecule has 1 amide bonds. The third-order valence-electron chi connectivity index (χ3n) is 16.0. The first-order valence-electron chi connectivity index (χ1n) is 33.9. The van der Waals surface area contributed by atoms with Crippen LogP contribution >= 0.6 is 0 Å². The highest BCUT2D eigenvalue weighted by Gasteiger charge is 2.47. The van der Waals surface area contributed by atoms with Crippen molar-refractivity contribution in [2.24, 2.45) is 0 Å². The number of ether oxygens (including phenoxy) is 3. The second kappa shape index (κ2) is 57.1. The number of hydrogen-bond donors (Lipinski definition) is 6. The Labute approximate surface area is 491 Å². The summed E-state index contributed by atoms with van der Waals surface area (Å²) in [6.45, 7) is 5.69. The highest BCUT2D eigenvalue weighted by atomic mass is 16.7. The summed E-state index contributed by atoms with van der Waals surface area (Å²) in [5.74, 6) is -1.21. The number of rotatable bonds is 58. The molecule has 1 aliphatic heterocycles. The Bertz CT molecular complexity index is 1490. The fourth-order valence-electron chi connectivity index (χ4n) is 10.7. The SMILES string of the molecule is CC/C=C/C/C=C/C/C=C/CCCCCCC(=O)OC1C(OCC(NC(=O)C(O)CCCCCCCCCCCCCCCCCCCCCCCCCCCC)C(O)/C=C/CCCCCCCCCCC)OC(CO)C(O)C1O. The molecule has 1 aliphatic rings. The van der Waals surface area contributed by atoms with Crippen molar-refractivity contribution in [1.29, 1.82) is 0 Å². The van der Waals surface area contributed by atoms with Gasteiger partial charge < -0.3 is 45.1 Å². The Morgan fingerprint density at radius 2 is 0.900 bits per heavy atom. The molecule has 1 saturated heterocycles. The largest absolute Gasteiger partial charge is 0.454 e. The van der Waals surface area contributed by atoms with Crippen molar-refractivity contribution in [2.45, 2.75) is 365 Å². The molecule has 0 aromatic heterocycles. The second-order valence-electron chi connectivity index (χ2n) is 23.5. The predicted octanol–water partition coefficient (Wildman–Crippen LogP) is 16.8. The van der Waals surface area contributed by atoms with Gasteiger partial charge in [-0.1, -0.05) is 301 Å². The summed E-state index contributed by atoms with van der Waals surface area (Å²) in [4.78, 5) is 26.6. The number of carbonyl (C=O) groups is 2. The number of allylic oxidation sites excluding steroid dienone is 7. The fraction of sp³-hybridized carbons (Fsp3) is 0.855. The second-order valence-corrected chi connectivity index (χ2v) is 23.5. The van der Waals surface area contributed by atoms with E-state index in [1.807, 2.05) is 6.08 Å². The quantitative estimate of drug-likeness (QED) is 0.0195. The molecule has 0 radical (unpaired) electrons. The van der Waals surface area contributed by atoms with E-state index in [0.29, 0.717) is 19.3 Å². The van der Waals surface area contributed by atoms with Crippen LogP contribution in [-0.4, -0.2) is 99.6 Å². The van der Waals surface area contributed by atoms with Crippen molar-refractivity contribution < 1.29 is 49.3 Å². The van der Waals surface area contributed by atoms with E-state index in [4.69, 9.17) is 14.2 Å². The smallest absolute Gasteiger partial charge is 0.306 e. The number of esters is 1. The van der Waals surface area contributed by atoms with Crippen molar-refractivity contribution in [3.63, 3.8) is 0 Å². The average molecular weight is 1130 g/mol. The third kappa shape index (κ3) is 44.2. The highest BCUT2D eigenvalue weighted by Crippen LogP contribution is 2.26. The monoisotopic (exact) mass is 1130 g/mol. The molecule has 0 saturated carbocycles. The molecule has 0 aromatic rings. The van der Waals surface area contributed by atoms with Crippen molar-refractivity contribution in [1.82, 2.24) is 5.32 Å². The topological polar surface area (TPSA) is 175 Å². The average Bonchev–Trinajstić information content (AvgIpc) is 3.46. The van der Waals surface area contributed by atoms with E-state index in [-0.39, 0.29) is 13.0 Å². The molecular weight excluding hydrogens is 1000 g/mol. The van der Waals surface area contributed by atoms with E-state index in [9.17, 15) is 35.1 Å². The number of hydrogen-bond acceptors (Lipinski definition) is 10. The zero-order valence-corrected chi connectivity index (χ0v) is 52.0. The Kier molecular flexibility index (Phi) is 54.0. The number of unbranched alkanes of at least 4 members (excludes halogenated alkanes) is 38. The van der Waals surface area contributed by atoms with Gasteiger partial charge in [0.05, 0.1) is 25.4 Å². The van der Waals surface area contributed by atoms with Crippen molar-refractivity contribution in [3.05, 3.63) is 48.6 Å². The number of aliphatic hydroxyl groups is 5. The normalized spacial score (nSPS) is 19.0. The molecule has 1 heterocycles. The lowest BCUT2D eigenvalue weighted by atomic mass is 9.99. The summed E-state index contributed by atoms with van der Waals surface area (Å²) in [5, 5.41) is 57.0. The minimum Gasteiger partial charge on any atom is -0.454 e. The molecule has 1 rings (SSSR count). The minimum absolute atomic E-state index is 0.0985. The van der Waals surface area contributed by atoms with Crippen LogP contribution in [0.3, 0.4) is 0 Å². The van der Waals surface area contributed by atoms with Crippen molar-refractivity contribution in [3.8, 4) is 0 Å². The standard InChI is InChI=1S/C69H127NO10/c1-4-7-10-13-16-19-22-24-26-27-28-29-30-31-32-33-34-35-36-37-38-41-44-47-50-53-56-62(73)68(77)70-60(61(72)55-52-49-46-43-40-21-18-15-12-9-6-3)59-78-69-67(66(76)65(75)63(58-71)79-69)80-64(74)57-54-51-48-45-42-39-25-23-20-17-14-11-8-5-2/h8,11,17,20,25,39,52,55,60-63,65-67,69,71-73,75-76H,4-7,9-10,12-16,18-19,21-24,26-38,40-51,53-54,56-59H2,1-3H3,(H,70,77)/b11-8+,20-17+,39-25+,55-52+. The number of aliphatic hydroxyl groups excluding tert-OH is 5. The van der Waals surface area contributed by atoms with Crippen LogP contribution < -0.4 is 5.32 Å². The lowest BCUT2D eigenvalue weighted by Gasteiger charge is -2.41. The zero-order chi connectivity index (χ0) is 58.2. The summed E-state index contributed by atoms with van der Waals surface area (Å²) in [5.41, 5.74) is 0. The Balaban J connectivity index is 2.54. The first kappa shape index (κ1) is 75.6. The van der Waals surface area contributed by atoms with Gasteiger partial charge in [-0.15, -0.1) is 0 Å². The van der Waals surface area contributed by atoms with Crippen molar-refractivity contribution in [2.75, 3.05) is 13.2 Å². The van der Waals surface area contributed by atoms with Gasteiger partial charge in [-0.3, -0.25) is 9.59 Å². The highest BCUT2D eigenvalue weighted by molar-refractivity contribution is 5.80. The fourth-order valence-corrected chi connectivity index (χ4v) is 10.7. The number of nitrogens with one attached hydrogen (secondary N) is 1. The van der Waals surface area contributed by atoms with Crippen LogP contribution in [0, 0.1) is 0 Å². The summed E-state index contributed by atoms with van der Waals surface area (Å²) in [6, 6.07) is -1.03. The first-order valence-corrected chi connectivity index (χ1v) is 33.9. The molecule has 0 spiro atoms. The molecular formula is C69H127NO10. The molecule has 0 aliphatic carbocycles. The molecule has 80 heavy (non-hydrogen) atoms. The summed E-state index contributed by atoms with van der Waals surface area (Å²) in [7, 11) is 0. The van der Waals surface area contributed by atoms with E-state index in [1.165, 1.54) is 186 Å². The Morgan fingerprint density at radius 3 is 1.35 bits per heavy atom. The first-order chi connectivity index (χ1) is 39.2. The summed E-state index contributed by atoms with van der Waals surface area (Å²) in [6.07, 6.45) is 60.4. The molecule has 1 fully saturated rings. The third-order valence-corrected chi connectivity index (χ3v) is 16.0. The maximum atomic E-state index is 13.5. The molecule has 11 heteroatoms. The summed E-state index contributed by atoms with van der Waals surface area (Å²) >= 11 is 0. The Morgan fingerprint density at radius 1 is 0.500 bits per heavy atom. The van der Waals surface area contributed by atoms with Gasteiger partial charge in [-0.2, -0.15) is 0 Å². The lowest BCUT2D eigenvalue weighted by Crippen LogP contribution is -2.61. The van der Waals surface area contributed by atoms with E-state index in [1.54, 1.807) is 6.08 Å². The van der Waals surface area contributed by atoms with Crippen molar-refractivity contribution >= 4 is 11.9 Å². The van der Waals surface area contributed by atoms with Crippen LogP contribution in [0.5, 0.6) is 0 Å². The van der Waals surface area contributed by atoms with Gasteiger partial charge in [-0.05, 0) is 57.8 Å². The van der Waals surface area contributed by atoms with E-state index in [2.05, 4.69) is 62.5 Å². The molecule has 468 valence electrons. The molecule has 6 N–H and O–H groups in total. The molecule has 8 unspecified atom stereocenters. The van der Waals surface area contributed by atoms with E-state index in [0.717, 1.165) is 83.5 Å². The van der Waals surface area contributed by atoms with Gasteiger partial charge >= 0.3 is 5.97 Å².